The third-order valence-electron chi connectivity index (χ3n) is 9.95. The molecule has 0 aliphatic carbocycles. The number of furan rings is 1. The van der Waals surface area contributed by atoms with Gasteiger partial charge < -0.3 is 9.32 Å². The van der Waals surface area contributed by atoms with Gasteiger partial charge in [0, 0.05) is 40.2 Å². The third kappa shape index (κ3) is 4.63. The van der Waals surface area contributed by atoms with E-state index in [9.17, 15) is 0 Å². The quantitative estimate of drug-likeness (QED) is 0.176. The van der Waals surface area contributed by atoms with E-state index in [0.717, 1.165) is 39.0 Å². The lowest BCUT2D eigenvalue weighted by Crippen LogP contribution is -2.09. The van der Waals surface area contributed by atoms with E-state index in [1.54, 1.807) is 6.20 Å². The molecule has 10 rings (SSSR count). The summed E-state index contributed by atoms with van der Waals surface area (Å²) in [5.41, 5.74) is 9.67. The number of hydrogen-bond donors (Lipinski definition) is 0. The van der Waals surface area contributed by atoms with Crippen molar-refractivity contribution in [2.75, 3.05) is 4.90 Å². The fraction of sp³-hybridized carbons (Fsp3) is 0. The molecule has 10 aromatic rings. The Balaban J connectivity index is 1.13. The predicted octanol–water partition coefficient (Wildman–Crippen LogP) is 13.2. The second-order valence-electron chi connectivity index (χ2n) is 12.8. The first-order chi connectivity index (χ1) is 24.8. The normalized spacial score (nSPS) is 11.6. The number of anilines is 3. The summed E-state index contributed by atoms with van der Waals surface area (Å²) >= 11 is 0. The highest BCUT2D eigenvalue weighted by Crippen LogP contribution is 2.42. The summed E-state index contributed by atoms with van der Waals surface area (Å²) in [4.78, 5) is 6.71. The molecule has 0 fully saturated rings. The molecular formula is C47H30N2O. The zero-order valence-corrected chi connectivity index (χ0v) is 27.1. The zero-order chi connectivity index (χ0) is 33.0. The first kappa shape index (κ1) is 28.3. The first-order valence-electron chi connectivity index (χ1n) is 16.9. The lowest BCUT2D eigenvalue weighted by Gasteiger charge is -2.26. The summed E-state index contributed by atoms with van der Waals surface area (Å²) in [7, 11) is 0. The van der Waals surface area contributed by atoms with E-state index in [1.165, 1.54) is 54.6 Å². The maximum Gasteiger partial charge on any atom is 0.138 e. The number of rotatable bonds is 5. The molecule has 234 valence electrons. The SMILES string of the molecule is c1ccc(-c2ccc(N(c3ccc(-c4cc5c6ccccc6ccc5c5ccccc45)cc3)c3ccc4oc5ccncc5c4c3)cc2)cc1. The van der Waals surface area contributed by atoms with Gasteiger partial charge in [-0.1, -0.05) is 115 Å². The number of benzene rings is 8. The number of pyridine rings is 1. The Morgan fingerprint density at radius 3 is 1.80 bits per heavy atom. The molecule has 50 heavy (non-hydrogen) atoms. The van der Waals surface area contributed by atoms with Crippen LogP contribution < -0.4 is 4.90 Å². The fourth-order valence-corrected chi connectivity index (χ4v) is 7.52. The van der Waals surface area contributed by atoms with E-state index in [4.69, 9.17) is 4.42 Å². The summed E-state index contributed by atoms with van der Waals surface area (Å²) in [6, 6.07) is 61.0. The van der Waals surface area contributed by atoms with Crippen LogP contribution in [0.4, 0.5) is 17.1 Å². The van der Waals surface area contributed by atoms with Gasteiger partial charge >= 0.3 is 0 Å². The minimum atomic E-state index is 0.839. The van der Waals surface area contributed by atoms with Crippen LogP contribution in [0.25, 0.3) is 76.5 Å². The van der Waals surface area contributed by atoms with Crippen LogP contribution in [-0.4, -0.2) is 4.98 Å². The van der Waals surface area contributed by atoms with Crippen LogP contribution in [0.5, 0.6) is 0 Å². The van der Waals surface area contributed by atoms with Gasteiger partial charge in [-0.2, -0.15) is 0 Å². The van der Waals surface area contributed by atoms with Crippen molar-refractivity contribution >= 4 is 71.3 Å². The second kappa shape index (κ2) is 11.5. The molecule has 2 aromatic heterocycles. The number of fused-ring (bicyclic) bond motifs is 8. The minimum absolute atomic E-state index is 0.839. The average Bonchev–Trinajstić information content (AvgIpc) is 3.56. The highest BCUT2D eigenvalue weighted by molar-refractivity contribution is 6.21. The molecule has 0 N–H and O–H groups in total. The number of hydrogen-bond acceptors (Lipinski definition) is 3. The molecule has 0 spiro atoms. The smallest absolute Gasteiger partial charge is 0.138 e. The Labute approximate surface area is 289 Å². The van der Waals surface area contributed by atoms with Gasteiger partial charge in [0.05, 0.1) is 0 Å². The Bertz CT molecular complexity index is 2850. The van der Waals surface area contributed by atoms with E-state index in [-0.39, 0.29) is 0 Å². The van der Waals surface area contributed by atoms with Gasteiger partial charge in [0.2, 0.25) is 0 Å². The van der Waals surface area contributed by atoms with Crippen molar-refractivity contribution in [2.24, 2.45) is 0 Å². The second-order valence-corrected chi connectivity index (χ2v) is 12.8. The van der Waals surface area contributed by atoms with Gasteiger partial charge in [-0.05, 0) is 109 Å². The lowest BCUT2D eigenvalue weighted by molar-refractivity contribution is 0.668. The van der Waals surface area contributed by atoms with Gasteiger partial charge in [-0.15, -0.1) is 0 Å². The molecule has 0 radical (unpaired) electrons. The lowest BCUT2D eigenvalue weighted by atomic mass is 9.91. The Morgan fingerprint density at radius 1 is 0.380 bits per heavy atom. The number of aromatic nitrogens is 1. The van der Waals surface area contributed by atoms with Crippen LogP contribution in [0.1, 0.15) is 0 Å². The van der Waals surface area contributed by atoms with Crippen LogP contribution in [0, 0.1) is 0 Å². The first-order valence-corrected chi connectivity index (χ1v) is 16.9. The van der Waals surface area contributed by atoms with Crippen LogP contribution >= 0.6 is 0 Å². The molecule has 0 aliphatic heterocycles. The average molecular weight is 639 g/mol. The molecular weight excluding hydrogens is 609 g/mol. The summed E-state index contributed by atoms with van der Waals surface area (Å²) in [6.07, 6.45) is 3.66. The molecule has 0 atom stereocenters. The highest BCUT2D eigenvalue weighted by atomic mass is 16.3. The van der Waals surface area contributed by atoms with E-state index in [0.29, 0.717) is 0 Å². The maximum absolute atomic E-state index is 6.16. The van der Waals surface area contributed by atoms with Gasteiger partial charge in [0.15, 0.2) is 0 Å². The minimum Gasteiger partial charge on any atom is -0.456 e. The molecule has 8 aromatic carbocycles. The van der Waals surface area contributed by atoms with Gasteiger partial charge in [-0.25, -0.2) is 0 Å². The summed E-state index contributed by atoms with van der Waals surface area (Å²) < 4.78 is 6.16. The molecule has 0 saturated carbocycles. The van der Waals surface area contributed by atoms with Crippen molar-refractivity contribution in [3.05, 3.63) is 182 Å². The van der Waals surface area contributed by atoms with E-state index < -0.39 is 0 Å². The molecule has 0 bridgehead atoms. The zero-order valence-electron chi connectivity index (χ0n) is 27.1. The monoisotopic (exact) mass is 638 g/mol. The van der Waals surface area contributed by atoms with Crippen molar-refractivity contribution < 1.29 is 4.42 Å². The van der Waals surface area contributed by atoms with Crippen molar-refractivity contribution in [2.45, 2.75) is 0 Å². The summed E-state index contributed by atoms with van der Waals surface area (Å²) in [5, 5.41) is 9.66. The Hall–Kier alpha value is -6.71. The third-order valence-corrected chi connectivity index (χ3v) is 9.95. The molecule has 0 amide bonds. The van der Waals surface area contributed by atoms with Crippen molar-refractivity contribution in [1.82, 2.24) is 4.98 Å². The van der Waals surface area contributed by atoms with E-state index >= 15 is 0 Å². The predicted molar refractivity (Wildman–Crippen MR) is 210 cm³/mol. The number of nitrogens with zero attached hydrogens (tertiary/aromatic N) is 2. The summed E-state index contributed by atoms with van der Waals surface area (Å²) in [5.74, 6) is 0. The molecule has 0 aliphatic rings. The largest absolute Gasteiger partial charge is 0.456 e. The van der Waals surface area contributed by atoms with Crippen LogP contribution in [-0.2, 0) is 0 Å². The Morgan fingerprint density at radius 2 is 1.00 bits per heavy atom. The molecule has 3 nitrogen and oxygen atoms in total. The fourth-order valence-electron chi connectivity index (χ4n) is 7.52. The topological polar surface area (TPSA) is 29.3 Å². The van der Waals surface area contributed by atoms with Crippen LogP contribution in [0.15, 0.2) is 187 Å². The van der Waals surface area contributed by atoms with Crippen molar-refractivity contribution in [1.29, 1.82) is 0 Å². The van der Waals surface area contributed by atoms with Gasteiger partial charge in [0.1, 0.15) is 11.2 Å². The van der Waals surface area contributed by atoms with Crippen molar-refractivity contribution in [3.8, 4) is 22.3 Å². The van der Waals surface area contributed by atoms with E-state index in [2.05, 4.69) is 174 Å². The Kier molecular flexibility index (Phi) is 6.49. The van der Waals surface area contributed by atoms with Gasteiger partial charge in [0.25, 0.3) is 0 Å². The standard InChI is InChI=1S/C47H30N2O/c1-2-8-31(9-3-1)32-14-19-35(20-15-32)49(37-23-25-46-44(28-37)45-30-48-27-26-47(45)50-46)36-21-16-34(17-22-36)42-29-43-38-11-5-4-10-33(38)18-24-41(43)39-12-6-7-13-40(39)42/h1-30H. The van der Waals surface area contributed by atoms with Crippen molar-refractivity contribution in [3.63, 3.8) is 0 Å². The highest BCUT2D eigenvalue weighted by Gasteiger charge is 2.17. The van der Waals surface area contributed by atoms with E-state index in [1.807, 2.05) is 12.3 Å². The molecule has 0 unspecified atom stereocenters. The summed E-state index contributed by atoms with van der Waals surface area (Å²) in [6.45, 7) is 0. The van der Waals surface area contributed by atoms with Crippen LogP contribution in [0.3, 0.4) is 0 Å². The molecule has 2 heterocycles. The van der Waals surface area contributed by atoms with Gasteiger partial charge in [-0.3, -0.25) is 4.98 Å². The van der Waals surface area contributed by atoms with Crippen LogP contribution in [0.2, 0.25) is 0 Å². The maximum atomic E-state index is 6.16. The molecule has 3 heteroatoms. The molecule has 0 saturated heterocycles.